The first-order chi connectivity index (χ1) is 10.2. The third-order valence-corrected chi connectivity index (χ3v) is 4.26. The fourth-order valence-electron chi connectivity index (χ4n) is 2.47. The molecule has 0 aliphatic carbocycles. The highest BCUT2D eigenvalue weighted by molar-refractivity contribution is 9.10. The first kappa shape index (κ1) is 16.3. The molecular weight excluding hydrogens is 328 g/mol. The zero-order valence-electron chi connectivity index (χ0n) is 12.7. The Labute approximate surface area is 135 Å². The highest BCUT2D eigenvalue weighted by atomic mass is 79.9. The molecule has 114 valence electrons. The average molecular weight is 351 g/mol. The number of nitrogens with zero attached hydrogens (tertiary/aromatic N) is 1. The van der Waals surface area contributed by atoms with Crippen molar-refractivity contribution < 1.29 is 4.42 Å². The van der Waals surface area contributed by atoms with Crippen LogP contribution in [0.2, 0.25) is 0 Å². The summed E-state index contributed by atoms with van der Waals surface area (Å²) in [6.45, 7) is 4.98. The highest BCUT2D eigenvalue weighted by Gasteiger charge is 2.14. The van der Waals surface area contributed by atoms with Gasteiger partial charge in [-0.05, 0) is 43.8 Å². The molecule has 4 heteroatoms. The minimum Gasteiger partial charge on any atom is -0.468 e. The van der Waals surface area contributed by atoms with E-state index >= 15 is 0 Å². The van der Waals surface area contributed by atoms with Crippen LogP contribution in [0.4, 0.5) is 0 Å². The lowest BCUT2D eigenvalue weighted by Gasteiger charge is -2.23. The van der Waals surface area contributed by atoms with E-state index < -0.39 is 0 Å². The molecule has 0 aliphatic heterocycles. The number of rotatable bonds is 8. The molecule has 0 radical (unpaired) electrons. The van der Waals surface area contributed by atoms with Crippen molar-refractivity contribution in [2.24, 2.45) is 0 Å². The summed E-state index contributed by atoms with van der Waals surface area (Å²) >= 11 is 3.65. The predicted octanol–water partition coefficient (Wildman–Crippen LogP) is 4.21. The summed E-state index contributed by atoms with van der Waals surface area (Å²) in [6, 6.07) is 12.8. The number of nitrogens with one attached hydrogen (secondary N) is 1. The number of furan rings is 1. The maximum absolute atomic E-state index is 5.40. The molecule has 1 unspecified atom stereocenters. The molecule has 21 heavy (non-hydrogen) atoms. The van der Waals surface area contributed by atoms with Crippen molar-refractivity contribution in [1.29, 1.82) is 0 Å². The van der Waals surface area contributed by atoms with E-state index in [1.807, 2.05) is 12.1 Å². The van der Waals surface area contributed by atoms with Gasteiger partial charge in [-0.15, -0.1) is 0 Å². The lowest BCUT2D eigenvalue weighted by atomic mass is 10.0. The van der Waals surface area contributed by atoms with Crippen molar-refractivity contribution in [3.63, 3.8) is 0 Å². The van der Waals surface area contributed by atoms with Gasteiger partial charge in [0.2, 0.25) is 0 Å². The van der Waals surface area contributed by atoms with Crippen molar-refractivity contribution in [2.75, 3.05) is 20.1 Å². The van der Waals surface area contributed by atoms with E-state index in [1.54, 1.807) is 6.26 Å². The standard InChI is InChI=1S/C17H23BrN2O/c1-3-19-17(15-8-4-5-9-16(15)18)10-11-20(2)13-14-7-6-12-21-14/h4-9,12,17,19H,3,10-11,13H2,1-2H3. The van der Waals surface area contributed by atoms with Crippen molar-refractivity contribution in [2.45, 2.75) is 25.9 Å². The van der Waals surface area contributed by atoms with Gasteiger partial charge in [0.05, 0.1) is 12.8 Å². The van der Waals surface area contributed by atoms with Crippen LogP contribution < -0.4 is 5.32 Å². The molecule has 0 spiro atoms. The Balaban J connectivity index is 1.92. The number of halogens is 1. The Morgan fingerprint density at radius 1 is 1.24 bits per heavy atom. The second-order valence-corrected chi connectivity index (χ2v) is 6.09. The van der Waals surface area contributed by atoms with E-state index in [9.17, 15) is 0 Å². The van der Waals surface area contributed by atoms with Gasteiger partial charge in [0.15, 0.2) is 0 Å². The second-order valence-electron chi connectivity index (χ2n) is 5.24. The summed E-state index contributed by atoms with van der Waals surface area (Å²) in [6.07, 6.45) is 2.79. The predicted molar refractivity (Wildman–Crippen MR) is 90.2 cm³/mol. The van der Waals surface area contributed by atoms with Crippen LogP contribution in [0, 0.1) is 0 Å². The Bertz CT molecular complexity index is 527. The van der Waals surface area contributed by atoms with Gasteiger partial charge in [0.25, 0.3) is 0 Å². The number of hydrogen-bond donors (Lipinski definition) is 1. The van der Waals surface area contributed by atoms with Gasteiger partial charge in [0, 0.05) is 17.1 Å². The molecule has 0 saturated heterocycles. The molecule has 1 aromatic carbocycles. The molecule has 0 amide bonds. The van der Waals surface area contributed by atoms with Crippen LogP contribution in [-0.4, -0.2) is 25.0 Å². The molecule has 0 saturated carbocycles. The summed E-state index contributed by atoms with van der Waals surface area (Å²) in [7, 11) is 2.13. The Morgan fingerprint density at radius 2 is 2.05 bits per heavy atom. The number of hydrogen-bond acceptors (Lipinski definition) is 3. The third kappa shape index (κ3) is 4.99. The molecule has 1 atom stereocenters. The van der Waals surface area contributed by atoms with Crippen molar-refractivity contribution >= 4 is 15.9 Å². The van der Waals surface area contributed by atoms with Crippen molar-refractivity contribution in [3.8, 4) is 0 Å². The van der Waals surface area contributed by atoms with E-state index in [4.69, 9.17) is 4.42 Å². The van der Waals surface area contributed by atoms with Gasteiger partial charge in [0.1, 0.15) is 5.76 Å². The van der Waals surface area contributed by atoms with Gasteiger partial charge in [-0.1, -0.05) is 41.1 Å². The fourth-order valence-corrected chi connectivity index (χ4v) is 3.03. The van der Waals surface area contributed by atoms with Crippen LogP contribution in [0.1, 0.15) is 30.7 Å². The zero-order valence-corrected chi connectivity index (χ0v) is 14.3. The minimum atomic E-state index is 0.365. The van der Waals surface area contributed by atoms with Gasteiger partial charge in [-0.25, -0.2) is 0 Å². The van der Waals surface area contributed by atoms with Crippen LogP contribution in [0.25, 0.3) is 0 Å². The third-order valence-electron chi connectivity index (χ3n) is 3.54. The maximum atomic E-state index is 5.40. The van der Waals surface area contributed by atoms with Gasteiger partial charge in [-0.3, -0.25) is 4.90 Å². The normalized spacial score (nSPS) is 12.8. The topological polar surface area (TPSA) is 28.4 Å². The van der Waals surface area contributed by atoms with E-state index in [1.165, 1.54) is 10.0 Å². The summed E-state index contributed by atoms with van der Waals surface area (Å²) in [5, 5.41) is 3.57. The summed E-state index contributed by atoms with van der Waals surface area (Å²) in [5.41, 5.74) is 1.32. The van der Waals surface area contributed by atoms with Gasteiger partial charge < -0.3 is 9.73 Å². The largest absolute Gasteiger partial charge is 0.468 e. The van der Waals surface area contributed by atoms with E-state index in [0.717, 1.165) is 31.8 Å². The summed E-state index contributed by atoms with van der Waals surface area (Å²) < 4.78 is 6.57. The Morgan fingerprint density at radius 3 is 2.71 bits per heavy atom. The Kier molecular flexibility index (Phi) is 6.49. The summed E-state index contributed by atoms with van der Waals surface area (Å²) in [5.74, 6) is 1.01. The van der Waals surface area contributed by atoms with Crippen molar-refractivity contribution in [1.82, 2.24) is 10.2 Å². The van der Waals surface area contributed by atoms with Gasteiger partial charge in [-0.2, -0.15) is 0 Å². The van der Waals surface area contributed by atoms with Crippen LogP contribution in [0.3, 0.4) is 0 Å². The molecule has 1 heterocycles. The fraction of sp³-hybridized carbons (Fsp3) is 0.412. The monoisotopic (exact) mass is 350 g/mol. The minimum absolute atomic E-state index is 0.365. The maximum Gasteiger partial charge on any atom is 0.117 e. The molecular formula is C17H23BrN2O. The smallest absolute Gasteiger partial charge is 0.117 e. The molecule has 2 aromatic rings. The van der Waals surface area contributed by atoms with E-state index in [-0.39, 0.29) is 0 Å². The lowest BCUT2D eigenvalue weighted by Crippen LogP contribution is -2.27. The van der Waals surface area contributed by atoms with E-state index in [2.05, 4.69) is 64.4 Å². The molecule has 3 nitrogen and oxygen atoms in total. The van der Waals surface area contributed by atoms with Gasteiger partial charge >= 0.3 is 0 Å². The second kappa shape index (κ2) is 8.37. The molecule has 0 bridgehead atoms. The molecule has 0 aliphatic rings. The quantitative estimate of drug-likeness (QED) is 0.772. The molecule has 2 rings (SSSR count). The SMILES string of the molecule is CCNC(CCN(C)Cc1ccco1)c1ccccc1Br. The van der Waals surface area contributed by atoms with Crippen molar-refractivity contribution in [3.05, 3.63) is 58.5 Å². The molecule has 1 aromatic heterocycles. The van der Waals surface area contributed by atoms with Crippen LogP contribution in [-0.2, 0) is 6.54 Å². The highest BCUT2D eigenvalue weighted by Crippen LogP contribution is 2.25. The lowest BCUT2D eigenvalue weighted by molar-refractivity contribution is 0.276. The number of benzene rings is 1. The molecule has 0 fully saturated rings. The zero-order chi connectivity index (χ0) is 15.1. The van der Waals surface area contributed by atoms with Crippen LogP contribution in [0.5, 0.6) is 0 Å². The van der Waals surface area contributed by atoms with E-state index in [0.29, 0.717) is 6.04 Å². The Hall–Kier alpha value is -1.10. The first-order valence-corrected chi connectivity index (χ1v) is 8.18. The molecule has 1 N–H and O–H groups in total. The average Bonchev–Trinajstić information content (AvgIpc) is 2.97. The van der Waals surface area contributed by atoms with Crippen LogP contribution in [0.15, 0.2) is 51.6 Å². The van der Waals surface area contributed by atoms with Crippen LogP contribution >= 0.6 is 15.9 Å². The summed E-state index contributed by atoms with van der Waals surface area (Å²) in [4.78, 5) is 2.29. The first-order valence-electron chi connectivity index (χ1n) is 7.39.